The van der Waals surface area contributed by atoms with Crippen molar-refractivity contribution < 1.29 is 19.1 Å². The first-order valence-electron chi connectivity index (χ1n) is 11.1. The summed E-state index contributed by atoms with van der Waals surface area (Å²) in [7, 11) is 3.10. The molecule has 0 N–H and O–H groups in total. The van der Waals surface area contributed by atoms with Crippen LogP contribution in [-0.2, 0) is 9.59 Å². The second-order valence-corrected chi connectivity index (χ2v) is 8.26. The van der Waals surface area contributed by atoms with Gasteiger partial charge >= 0.3 is 0 Å². The van der Waals surface area contributed by atoms with E-state index in [1.807, 2.05) is 74.5 Å². The molecule has 3 aromatic carbocycles. The van der Waals surface area contributed by atoms with Crippen LogP contribution in [0.1, 0.15) is 18.1 Å². The van der Waals surface area contributed by atoms with Crippen molar-refractivity contribution in [3.63, 3.8) is 0 Å². The van der Waals surface area contributed by atoms with Crippen molar-refractivity contribution in [2.24, 2.45) is 0 Å². The minimum absolute atomic E-state index is 0.0927. The summed E-state index contributed by atoms with van der Waals surface area (Å²) < 4.78 is 10.8. The number of amides is 2. The maximum atomic E-state index is 14.0. The van der Waals surface area contributed by atoms with Gasteiger partial charge in [-0.25, -0.2) is 0 Å². The Morgan fingerprint density at radius 3 is 2.29 bits per heavy atom. The van der Waals surface area contributed by atoms with Crippen molar-refractivity contribution in [3.05, 3.63) is 89.5 Å². The third kappa shape index (κ3) is 4.53. The molecule has 174 valence electrons. The van der Waals surface area contributed by atoms with E-state index in [4.69, 9.17) is 9.47 Å². The average molecular weight is 457 g/mol. The predicted octanol–water partition coefficient (Wildman–Crippen LogP) is 4.86. The standard InChI is InChI=1S/C28H28N2O4/c1-19-10-12-22(13-11-19)30-26(31)18-29(24-15-14-23(33-3)17-25(24)34-4)28(32)27(30)20(2)16-21-8-6-5-7-9-21/h5-17,27H,18H2,1-4H3/b20-16+/t27-/m0/s1. The second kappa shape index (κ2) is 9.83. The fourth-order valence-corrected chi connectivity index (χ4v) is 4.19. The lowest BCUT2D eigenvalue weighted by atomic mass is 9.98. The smallest absolute Gasteiger partial charge is 0.255 e. The molecule has 0 bridgehead atoms. The van der Waals surface area contributed by atoms with Crippen LogP contribution in [0.4, 0.5) is 11.4 Å². The van der Waals surface area contributed by atoms with Crippen LogP contribution in [0, 0.1) is 6.92 Å². The molecule has 0 aliphatic carbocycles. The van der Waals surface area contributed by atoms with Crippen LogP contribution in [-0.4, -0.2) is 38.6 Å². The van der Waals surface area contributed by atoms with Gasteiger partial charge < -0.3 is 9.47 Å². The van der Waals surface area contributed by atoms with E-state index in [1.165, 1.54) is 12.0 Å². The number of rotatable bonds is 6. The third-order valence-corrected chi connectivity index (χ3v) is 5.94. The highest BCUT2D eigenvalue weighted by molar-refractivity contribution is 6.16. The SMILES string of the molecule is COc1ccc(N2CC(=O)N(c3ccc(C)cc3)[C@@H](/C(C)=C/c3ccccc3)C2=O)c(OC)c1. The van der Waals surface area contributed by atoms with Crippen LogP contribution in [0.25, 0.3) is 6.08 Å². The Morgan fingerprint density at radius 2 is 1.65 bits per heavy atom. The number of nitrogens with zero attached hydrogens (tertiary/aromatic N) is 2. The van der Waals surface area contributed by atoms with E-state index in [0.717, 1.165) is 16.7 Å². The minimum Gasteiger partial charge on any atom is -0.497 e. The Kier molecular flexibility index (Phi) is 6.68. The highest BCUT2D eigenvalue weighted by Crippen LogP contribution is 2.36. The molecule has 1 aliphatic heterocycles. The average Bonchev–Trinajstić information content (AvgIpc) is 2.85. The number of hydrogen-bond donors (Lipinski definition) is 0. The molecular weight excluding hydrogens is 428 g/mol. The van der Waals surface area contributed by atoms with Gasteiger partial charge in [-0.05, 0) is 49.2 Å². The number of piperazine rings is 1. The number of carbonyl (C=O) groups excluding carboxylic acids is 2. The Bertz CT molecular complexity index is 1220. The Morgan fingerprint density at radius 1 is 0.941 bits per heavy atom. The molecule has 0 radical (unpaired) electrons. The lowest BCUT2D eigenvalue weighted by Gasteiger charge is -2.41. The molecule has 3 aromatic rings. The van der Waals surface area contributed by atoms with Gasteiger partial charge in [-0.15, -0.1) is 0 Å². The summed E-state index contributed by atoms with van der Waals surface area (Å²) in [5.74, 6) is 0.697. The summed E-state index contributed by atoms with van der Waals surface area (Å²) in [6.07, 6.45) is 1.95. The van der Waals surface area contributed by atoms with Gasteiger partial charge in [-0.3, -0.25) is 19.4 Å². The van der Waals surface area contributed by atoms with Crippen molar-refractivity contribution >= 4 is 29.3 Å². The third-order valence-electron chi connectivity index (χ3n) is 5.94. The van der Waals surface area contributed by atoms with Gasteiger partial charge in [0.2, 0.25) is 5.91 Å². The fourth-order valence-electron chi connectivity index (χ4n) is 4.19. The maximum absolute atomic E-state index is 14.0. The van der Waals surface area contributed by atoms with Crippen LogP contribution in [0.5, 0.6) is 11.5 Å². The molecule has 1 fully saturated rings. The zero-order chi connectivity index (χ0) is 24.2. The normalized spacial score (nSPS) is 16.6. The van der Waals surface area contributed by atoms with E-state index in [1.54, 1.807) is 30.2 Å². The van der Waals surface area contributed by atoms with Crippen LogP contribution in [0.15, 0.2) is 78.4 Å². The first-order chi connectivity index (χ1) is 16.4. The number of anilines is 2. The number of carbonyl (C=O) groups is 2. The van der Waals surface area contributed by atoms with Gasteiger partial charge in [0.25, 0.3) is 5.91 Å². The van der Waals surface area contributed by atoms with Crippen molar-refractivity contribution in [2.45, 2.75) is 19.9 Å². The van der Waals surface area contributed by atoms with E-state index in [9.17, 15) is 9.59 Å². The van der Waals surface area contributed by atoms with E-state index < -0.39 is 6.04 Å². The number of methoxy groups -OCH3 is 2. The fraction of sp³-hybridized carbons (Fsp3) is 0.214. The van der Waals surface area contributed by atoms with Gasteiger partial charge in [0.05, 0.1) is 19.9 Å². The first-order valence-corrected chi connectivity index (χ1v) is 11.1. The van der Waals surface area contributed by atoms with E-state index in [2.05, 4.69) is 0 Å². The minimum atomic E-state index is -0.795. The summed E-state index contributed by atoms with van der Waals surface area (Å²) >= 11 is 0. The quantitative estimate of drug-likeness (QED) is 0.531. The molecule has 6 heteroatoms. The lowest BCUT2D eigenvalue weighted by Crippen LogP contribution is -2.61. The predicted molar refractivity (Wildman–Crippen MR) is 134 cm³/mol. The Hall–Kier alpha value is -4.06. The summed E-state index contributed by atoms with van der Waals surface area (Å²) in [6.45, 7) is 3.78. The molecule has 2 amide bonds. The molecule has 4 rings (SSSR count). The highest BCUT2D eigenvalue weighted by atomic mass is 16.5. The number of hydrogen-bond acceptors (Lipinski definition) is 4. The summed E-state index contributed by atoms with van der Waals surface area (Å²) in [5.41, 5.74) is 4.03. The van der Waals surface area contributed by atoms with E-state index in [-0.39, 0.29) is 18.4 Å². The Labute approximate surface area is 200 Å². The molecule has 1 saturated heterocycles. The van der Waals surface area contributed by atoms with Gasteiger partial charge in [0.1, 0.15) is 24.1 Å². The van der Waals surface area contributed by atoms with Gasteiger partial charge in [0.15, 0.2) is 0 Å². The van der Waals surface area contributed by atoms with Gasteiger partial charge in [0, 0.05) is 11.8 Å². The molecule has 0 spiro atoms. The first kappa shape index (κ1) is 23.1. The van der Waals surface area contributed by atoms with Crippen molar-refractivity contribution in [1.29, 1.82) is 0 Å². The monoisotopic (exact) mass is 456 g/mol. The largest absolute Gasteiger partial charge is 0.497 e. The number of aryl methyl sites for hydroxylation is 1. The molecule has 0 saturated carbocycles. The molecule has 1 heterocycles. The summed E-state index contributed by atoms with van der Waals surface area (Å²) in [5, 5.41) is 0. The zero-order valence-electron chi connectivity index (χ0n) is 19.8. The van der Waals surface area contributed by atoms with Crippen LogP contribution >= 0.6 is 0 Å². The van der Waals surface area contributed by atoms with Crippen molar-refractivity contribution in [3.8, 4) is 11.5 Å². The topological polar surface area (TPSA) is 59.1 Å². The van der Waals surface area contributed by atoms with Crippen LogP contribution in [0.2, 0.25) is 0 Å². The molecule has 34 heavy (non-hydrogen) atoms. The number of ether oxygens (including phenoxy) is 2. The van der Waals surface area contributed by atoms with E-state index in [0.29, 0.717) is 22.9 Å². The van der Waals surface area contributed by atoms with Crippen molar-refractivity contribution in [1.82, 2.24) is 0 Å². The van der Waals surface area contributed by atoms with Gasteiger partial charge in [-0.1, -0.05) is 54.1 Å². The molecular formula is C28H28N2O4. The summed E-state index contributed by atoms with van der Waals surface area (Å²) in [6, 6.07) is 21.8. The molecule has 0 aromatic heterocycles. The molecule has 1 atom stereocenters. The van der Waals surface area contributed by atoms with Gasteiger partial charge in [-0.2, -0.15) is 0 Å². The molecule has 6 nitrogen and oxygen atoms in total. The highest BCUT2D eigenvalue weighted by Gasteiger charge is 2.42. The zero-order valence-corrected chi connectivity index (χ0v) is 19.8. The molecule has 1 aliphatic rings. The maximum Gasteiger partial charge on any atom is 0.255 e. The van der Waals surface area contributed by atoms with E-state index >= 15 is 0 Å². The molecule has 0 unspecified atom stereocenters. The van der Waals surface area contributed by atoms with Crippen molar-refractivity contribution in [2.75, 3.05) is 30.6 Å². The van der Waals surface area contributed by atoms with Crippen LogP contribution < -0.4 is 19.3 Å². The van der Waals surface area contributed by atoms with Crippen LogP contribution in [0.3, 0.4) is 0 Å². The second-order valence-electron chi connectivity index (χ2n) is 8.26. The summed E-state index contributed by atoms with van der Waals surface area (Å²) in [4.78, 5) is 30.6. The Balaban J connectivity index is 1.81. The lowest BCUT2D eigenvalue weighted by molar-refractivity contribution is -0.127. The number of benzene rings is 3.